The summed E-state index contributed by atoms with van der Waals surface area (Å²) in [6, 6.07) is 3.47. The number of aryl methyl sites for hydroxylation is 1. The smallest absolute Gasteiger partial charge is 0.451 e. The third-order valence-electron chi connectivity index (χ3n) is 3.11. The zero-order chi connectivity index (χ0) is 16.8. The Morgan fingerprint density at radius 1 is 1.39 bits per heavy atom. The SMILES string of the molecule is COc1c(CCB(O)O)ccc(CSc2nncs2)c1C(=O)O. The van der Waals surface area contributed by atoms with Crippen LogP contribution in [0.2, 0.25) is 6.32 Å². The van der Waals surface area contributed by atoms with Crippen LogP contribution in [-0.4, -0.2) is 45.5 Å². The lowest BCUT2D eigenvalue weighted by molar-refractivity contribution is 0.0692. The van der Waals surface area contributed by atoms with Crippen molar-refractivity contribution in [2.75, 3.05) is 7.11 Å². The second kappa shape index (κ2) is 8.30. The first-order chi connectivity index (χ1) is 11.0. The van der Waals surface area contributed by atoms with Gasteiger partial charge in [0.25, 0.3) is 0 Å². The molecule has 122 valence electrons. The van der Waals surface area contributed by atoms with Gasteiger partial charge in [-0.25, -0.2) is 4.79 Å². The minimum atomic E-state index is -1.44. The van der Waals surface area contributed by atoms with E-state index in [0.29, 0.717) is 23.3 Å². The Hall–Kier alpha value is -1.62. The Balaban J connectivity index is 2.29. The fourth-order valence-corrected chi connectivity index (χ4v) is 3.58. The summed E-state index contributed by atoms with van der Waals surface area (Å²) in [6.45, 7) is 0. The van der Waals surface area contributed by atoms with E-state index in [1.165, 1.54) is 30.2 Å². The molecule has 0 amide bonds. The number of hydrogen-bond donors (Lipinski definition) is 3. The van der Waals surface area contributed by atoms with Crippen LogP contribution in [0.25, 0.3) is 0 Å². The standard InChI is InChI=1S/C13H15BN2O5S2/c1-21-11-8(4-5-14(19)20)2-3-9(10(11)12(17)18)6-22-13-16-15-7-23-13/h2-3,7,19-20H,4-6H2,1H3,(H,17,18). The number of carboxylic acid groups (broad SMARTS) is 1. The number of carboxylic acids is 1. The molecule has 0 saturated carbocycles. The van der Waals surface area contributed by atoms with Gasteiger partial charge in [-0.15, -0.1) is 10.2 Å². The lowest BCUT2D eigenvalue weighted by Crippen LogP contribution is -2.13. The van der Waals surface area contributed by atoms with Gasteiger partial charge < -0.3 is 19.9 Å². The third kappa shape index (κ3) is 4.68. The Morgan fingerprint density at radius 2 is 2.13 bits per heavy atom. The van der Waals surface area contributed by atoms with Crippen LogP contribution in [0, 0.1) is 0 Å². The molecule has 10 heteroatoms. The lowest BCUT2D eigenvalue weighted by Gasteiger charge is -2.15. The number of rotatable bonds is 8. The van der Waals surface area contributed by atoms with Gasteiger partial charge in [0.05, 0.1) is 7.11 Å². The Kier molecular flexibility index (Phi) is 6.40. The highest BCUT2D eigenvalue weighted by molar-refractivity contribution is 8.00. The van der Waals surface area contributed by atoms with Gasteiger partial charge >= 0.3 is 13.1 Å². The normalized spacial score (nSPS) is 10.6. The summed E-state index contributed by atoms with van der Waals surface area (Å²) in [4.78, 5) is 11.6. The molecule has 0 fully saturated rings. The van der Waals surface area contributed by atoms with Crippen LogP contribution in [0.3, 0.4) is 0 Å². The molecule has 0 aliphatic heterocycles. The number of thioether (sulfide) groups is 1. The highest BCUT2D eigenvalue weighted by atomic mass is 32.2. The van der Waals surface area contributed by atoms with Gasteiger partial charge in [-0.1, -0.05) is 35.2 Å². The zero-order valence-corrected chi connectivity index (χ0v) is 13.9. The van der Waals surface area contributed by atoms with Crippen LogP contribution < -0.4 is 4.74 Å². The van der Waals surface area contributed by atoms with Gasteiger partial charge in [-0.05, 0) is 23.9 Å². The molecule has 0 saturated heterocycles. The summed E-state index contributed by atoms with van der Waals surface area (Å²) in [6.07, 6.45) is 0.416. The van der Waals surface area contributed by atoms with Crippen molar-refractivity contribution in [3.8, 4) is 5.75 Å². The minimum Gasteiger partial charge on any atom is -0.496 e. The fraction of sp³-hybridized carbons (Fsp3) is 0.308. The topological polar surface area (TPSA) is 113 Å². The van der Waals surface area contributed by atoms with Crippen LogP contribution in [0.1, 0.15) is 21.5 Å². The number of hydrogen-bond acceptors (Lipinski definition) is 8. The van der Waals surface area contributed by atoms with Gasteiger partial charge in [-0.3, -0.25) is 0 Å². The summed E-state index contributed by atoms with van der Waals surface area (Å²) in [5, 5.41) is 35.1. The number of benzene rings is 1. The molecule has 1 aromatic carbocycles. The highest BCUT2D eigenvalue weighted by Gasteiger charge is 2.21. The van der Waals surface area contributed by atoms with Gasteiger partial charge in [-0.2, -0.15) is 0 Å². The van der Waals surface area contributed by atoms with Crippen molar-refractivity contribution in [3.05, 3.63) is 34.3 Å². The van der Waals surface area contributed by atoms with Crippen molar-refractivity contribution >= 4 is 36.2 Å². The van der Waals surface area contributed by atoms with Crippen molar-refractivity contribution in [1.82, 2.24) is 10.2 Å². The minimum absolute atomic E-state index is 0.0921. The highest BCUT2D eigenvalue weighted by Crippen LogP contribution is 2.33. The molecule has 0 bridgehead atoms. The molecule has 1 heterocycles. The van der Waals surface area contributed by atoms with Crippen molar-refractivity contribution in [2.45, 2.75) is 22.8 Å². The van der Waals surface area contributed by atoms with Crippen LogP contribution in [0.4, 0.5) is 0 Å². The summed E-state index contributed by atoms with van der Waals surface area (Å²) in [5.74, 6) is -0.398. The lowest BCUT2D eigenvalue weighted by atomic mass is 9.82. The van der Waals surface area contributed by atoms with E-state index in [-0.39, 0.29) is 17.6 Å². The first-order valence-electron chi connectivity index (χ1n) is 6.70. The van der Waals surface area contributed by atoms with E-state index >= 15 is 0 Å². The Morgan fingerprint density at radius 3 is 2.70 bits per heavy atom. The number of nitrogens with zero attached hydrogens (tertiary/aromatic N) is 2. The number of carbonyl (C=O) groups is 1. The Labute approximate surface area is 141 Å². The van der Waals surface area contributed by atoms with Gasteiger partial charge in [0.15, 0.2) is 4.34 Å². The number of aromatic carboxylic acids is 1. The monoisotopic (exact) mass is 354 g/mol. The maximum Gasteiger partial charge on any atom is 0.451 e. The molecule has 2 aromatic rings. The van der Waals surface area contributed by atoms with E-state index < -0.39 is 13.1 Å². The molecule has 2 rings (SSSR count). The van der Waals surface area contributed by atoms with Crippen LogP contribution in [-0.2, 0) is 12.2 Å². The van der Waals surface area contributed by atoms with E-state index in [1.54, 1.807) is 17.6 Å². The first kappa shape index (κ1) is 17.7. The molecular formula is C13H15BN2O5S2. The van der Waals surface area contributed by atoms with Gasteiger partial charge in [0.1, 0.15) is 16.8 Å². The second-order valence-corrected chi connectivity index (χ2v) is 6.67. The van der Waals surface area contributed by atoms with E-state index in [9.17, 15) is 9.90 Å². The Bertz CT molecular complexity index is 667. The average molecular weight is 354 g/mol. The molecular weight excluding hydrogens is 339 g/mol. The van der Waals surface area contributed by atoms with Gasteiger partial charge in [0.2, 0.25) is 0 Å². The number of methoxy groups -OCH3 is 1. The van der Waals surface area contributed by atoms with E-state index in [1.807, 2.05) is 0 Å². The molecule has 7 nitrogen and oxygen atoms in total. The van der Waals surface area contributed by atoms with Crippen molar-refractivity contribution in [1.29, 1.82) is 0 Å². The molecule has 0 radical (unpaired) electrons. The fourth-order valence-electron chi connectivity index (χ4n) is 2.10. The van der Waals surface area contributed by atoms with Crippen molar-refractivity contribution in [3.63, 3.8) is 0 Å². The predicted molar refractivity (Wildman–Crippen MR) is 88.1 cm³/mol. The largest absolute Gasteiger partial charge is 0.496 e. The number of aromatic nitrogens is 2. The molecule has 0 atom stereocenters. The number of ether oxygens (including phenoxy) is 1. The summed E-state index contributed by atoms with van der Waals surface area (Å²) in [5.41, 5.74) is 2.95. The molecule has 3 N–H and O–H groups in total. The summed E-state index contributed by atoms with van der Waals surface area (Å²) in [7, 11) is -0.0388. The molecule has 1 aromatic heterocycles. The van der Waals surface area contributed by atoms with Crippen molar-refractivity contribution in [2.24, 2.45) is 0 Å². The predicted octanol–water partition coefficient (Wildman–Crippen LogP) is 1.55. The molecule has 0 unspecified atom stereocenters. The van der Waals surface area contributed by atoms with Gasteiger partial charge in [0, 0.05) is 5.75 Å². The first-order valence-corrected chi connectivity index (χ1v) is 8.56. The maximum atomic E-state index is 11.6. The summed E-state index contributed by atoms with van der Waals surface area (Å²) < 4.78 is 6.03. The quantitative estimate of drug-likeness (QED) is 0.484. The van der Waals surface area contributed by atoms with Crippen molar-refractivity contribution < 1.29 is 24.7 Å². The van der Waals surface area contributed by atoms with Crippen LogP contribution in [0.15, 0.2) is 22.0 Å². The van der Waals surface area contributed by atoms with Crippen LogP contribution in [0.5, 0.6) is 5.75 Å². The summed E-state index contributed by atoms with van der Waals surface area (Å²) >= 11 is 2.79. The van der Waals surface area contributed by atoms with Crippen LogP contribution >= 0.6 is 23.1 Å². The maximum absolute atomic E-state index is 11.6. The third-order valence-corrected chi connectivity index (χ3v) is 5.02. The molecule has 23 heavy (non-hydrogen) atoms. The molecule has 0 spiro atoms. The van der Waals surface area contributed by atoms with E-state index in [0.717, 1.165) is 4.34 Å². The molecule has 0 aliphatic rings. The second-order valence-electron chi connectivity index (χ2n) is 4.61. The molecule has 0 aliphatic carbocycles. The van der Waals surface area contributed by atoms with E-state index in [2.05, 4.69) is 10.2 Å². The van der Waals surface area contributed by atoms with E-state index in [4.69, 9.17) is 14.8 Å². The average Bonchev–Trinajstić information content (AvgIpc) is 3.03. The zero-order valence-electron chi connectivity index (χ0n) is 12.3.